The van der Waals surface area contributed by atoms with Gasteiger partial charge < -0.3 is 15.0 Å². The Morgan fingerprint density at radius 1 is 1.53 bits per heavy atom. The Hall–Kier alpha value is -0.870. The monoisotopic (exact) mass is 210 g/mol. The summed E-state index contributed by atoms with van der Waals surface area (Å²) in [4.78, 5) is 0. The minimum absolute atomic E-state index is 0.187. The lowest BCUT2D eigenvalue weighted by Crippen LogP contribution is -2.39. The van der Waals surface area contributed by atoms with E-state index in [4.69, 9.17) is 15.0 Å². The summed E-state index contributed by atoms with van der Waals surface area (Å²) < 4.78 is 10.7. The van der Waals surface area contributed by atoms with Crippen molar-refractivity contribution in [1.82, 2.24) is 5.16 Å². The van der Waals surface area contributed by atoms with E-state index in [1.165, 1.54) is 12.8 Å². The van der Waals surface area contributed by atoms with Crippen LogP contribution in [0.5, 0.6) is 0 Å². The van der Waals surface area contributed by atoms with Gasteiger partial charge in [0.25, 0.3) is 0 Å². The molecule has 2 atom stereocenters. The van der Waals surface area contributed by atoms with E-state index >= 15 is 0 Å². The molecule has 4 heteroatoms. The van der Waals surface area contributed by atoms with Gasteiger partial charge in [0.2, 0.25) is 0 Å². The Labute approximate surface area is 89.8 Å². The van der Waals surface area contributed by atoms with E-state index in [0.717, 1.165) is 24.3 Å². The van der Waals surface area contributed by atoms with Gasteiger partial charge in [-0.2, -0.15) is 0 Å². The molecular formula is C11H18N2O2. The first kappa shape index (κ1) is 10.6. The van der Waals surface area contributed by atoms with Crippen molar-refractivity contribution in [3.05, 3.63) is 17.5 Å². The van der Waals surface area contributed by atoms with Crippen LogP contribution in [0.3, 0.4) is 0 Å². The van der Waals surface area contributed by atoms with Crippen LogP contribution in [-0.2, 0) is 11.3 Å². The summed E-state index contributed by atoms with van der Waals surface area (Å²) in [6.45, 7) is 2.39. The van der Waals surface area contributed by atoms with Crippen LogP contribution in [0.1, 0.15) is 37.1 Å². The zero-order valence-electron chi connectivity index (χ0n) is 9.11. The first-order valence-electron chi connectivity index (χ1n) is 5.55. The van der Waals surface area contributed by atoms with Crippen molar-refractivity contribution >= 4 is 0 Å². The van der Waals surface area contributed by atoms with Gasteiger partial charge in [0.05, 0.1) is 12.7 Å². The molecule has 0 radical (unpaired) electrons. The maximum absolute atomic E-state index is 5.98. The van der Waals surface area contributed by atoms with Crippen molar-refractivity contribution in [3.8, 4) is 0 Å². The Morgan fingerprint density at radius 3 is 3.00 bits per heavy atom. The quantitative estimate of drug-likeness (QED) is 0.826. The number of aryl methyl sites for hydroxylation is 1. The standard InChI is InChI=1S/C11H18N2O2/c1-8-6-9(13-15-8)7-14-11-5-3-2-4-10(11)12/h6,10-11H,2-5,7,12H2,1H3. The molecule has 0 saturated heterocycles. The molecule has 1 heterocycles. The van der Waals surface area contributed by atoms with E-state index in [0.29, 0.717) is 6.61 Å². The molecule has 0 aromatic carbocycles. The van der Waals surface area contributed by atoms with Crippen molar-refractivity contribution < 1.29 is 9.26 Å². The second-order valence-electron chi connectivity index (χ2n) is 4.23. The van der Waals surface area contributed by atoms with Gasteiger partial charge in [0.1, 0.15) is 11.5 Å². The molecule has 1 aromatic rings. The van der Waals surface area contributed by atoms with Crippen molar-refractivity contribution in [2.45, 2.75) is 51.4 Å². The van der Waals surface area contributed by atoms with E-state index in [1.807, 2.05) is 13.0 Å². The second-order valence-corrected chi connectivity index (χ2v) is 4.23. The van der Waals surface area contributed by atoms with Crippen LogP contribution in [0.4, 0.5) is 0 Å². The van der Waals surface area contributed by atoms with E-state index in [9.17, 15) is 0 Å². The van der Waals surface area contributed by atoms with Crippen LogP contribution in [0.2, 0.25) is 0 Å². The molecule has 2 N–H and O–H groups in total. The molecule has 2 rings (SSSR count). The zero-order valence-corrected chi connectivity index (χ0v) is 9.11. The number of aromatic nitrogens is 1. The molecule has 1 fully saturated rings. The SMILES string of the molecule is Cc1cc(COC2CCCCC2N)no1. The van der Waals surface area contributed by atoms with Gasteiger partial charge in [-0.05, 0) is 19.8 Å². The lowest BCUT2D eigenvalue weighted by atomic mass is 9.93. The van der Waals surface area contributed by atoms with Crippen LogP contribution in [0.25, 0.3) is 0 Å². The third-order valence-corrected chi connectivity index (χ3v) is 2.88. The summed E-state index contributed by atoms with van der Waals surface area (Å²) in [6, 6.07) is 2.08. The number of nitrogens with two attached hydrogens (primary N) is 1. The number of hydrogen-bond acceptors (Lipinski definition) is 4. The maximum atomic E-state index is 5.98. The highest BCUT2D eigenvalue weighted by molar-refractivity contribution is 5.02. The highest BCUT2D eigenvalue weighted by Crippen LogP contribution is 2.20. The van der Waals surface area contributed by atoms with E-state index in [1.54, 1.807) is 0 Å². The summed E-state index contributed by atoms with van der Waals surface area (Å²) in [5.74, 6) is 0.821. The zero-order chi connectivity index (χ0) is 10.7. The average Bonchev–Trinajstić information content (AvgIpc) is 2.63. The van der Waals surface area contributed by atoms with E-state index in [2.05, 4.69) is 5.16 Å². The normalized spacial score (nSPS) is 26.8. The van der Waals surface area contributed by atoms with Gasteiger partial charge in [-0.1, -0.05) is 18.0 Å². The molecule has 1 aliphatic rings. The highest BCUT2D eigenvalue weighted by atomic mass is 16.5. The molecule has 0 amide bonds. The molecule has 0 aliphatic heterocycles. The lowest BCUT2D eigenvalue weighted by molar-refractivity contribution is 0.00161. The van der Waals surface area contributed by atoms with Gasteiger partial charge >= 0.3 is 0 Å². The molecule has 1 saturated carbocycles. The summed E-state index contributed by atoms with van der Waals surface area (Å²) in [6.07, 6.45) is 4.77. The minimum Gasteiger partial charge on any atom is -0.370 e. The molecule has 2 unspecified atom stereocenters. The molecule has 84 valence electrons. The predicted molar refractivity (Wildman–Crippen MR) is 56.3 cm³/mol. The molecule has 1 aromatic heterocycles. The van der Waals surface area contributed by atoms with Gasteiger partial charge in [-0.25, -0.2) is 0 Å². The number of ether oxygens (including phenoxy) is 1. The fourth-order valence-corrected chi connectivity index (χ4v) is 2.01. The van der Waals surface area contributed by atoms with Crippen molar-refractivity contribution in [1.29, 1.82) is 0 Å². The topological polar surface area (TPSA) is 61.3 Å². The number of rotatable bonds is 3. The van der Waals surface area contributed by atoms with Crippen LogP contribution in [0.15, 0.2) is 10.6 Å². The van der Waals surface area contributed by atoms with Crippen LogP contribution >= 0.6 is 0 Å². The smallest absolute Gasteiger partial charge is 0.134 e. The van der Waals surface area contributed by atoms with Gasteiger partial charge in [-0.15, -0.1) is 0 Å². The summed E-state index contributed by atoms with van der Waals surface area (Å²) in [5, 5.41) is 3.88. The van der Waals surface area contributed by atoms with E-state index in [-0.39, 0.29) is 12.1 Å². The van der Waals surface area contributed by atoms with Gasteiger partial charge in [-0.3, -0.25) is 0 Å². The Bertz CT molecular complexity index is 311. The Balaban J connectivity index is 1.81. The first-order valence-corrected chi connectivity index (χ1v) is 5.55. The summed E-state index contributed by atoms with van der Waals surface area (Å²) in [5.41, 5.74) is 6.83. The molecule has 15 heavy (non-hydrogen) atoms. The average molecular weight is 210 g/mol. The third-order valence-electron chi connectivity index (χ3n) is 2.88. The first-order chi connectivity index (χ1) is 7.25. The molecular weight excluding hydrogens is 192 g/mol. The maximum Gasteiger partial charge on any atom is 0.134 e. The number of hydrogen-bond donors (Lipinski definition) is 1. The van der Waals surface area contributed by atoms with Crippen molar-refractivity contribution in [3.63, 3.8) is 0 Å². The summed E-state index contributed by atoms with van der Waals surface area (Å²) in [7, 11) is 0. The summed E-state index contributed by atoms with van der Waals surface area (Å²) >= 11 is 0. The predicted octanol–water partition coefficient (Wildman–Crippen LogP) is 1.77. The Kier molecular flexibility index (Phi) is 3.38. The number of nitrogens with zero attached hydrogens (tertiary/aromatic N) is 1. The minimum atomic E-state index is 0.187. The fraction of sp³-hybridized carbons (Fsp3) is 0.727. The Morgan fingerprint density at radius 2 is 2.33 bits per heavy atom. The second kappa shape index (κ2) is 4.77. The van der Waals surface area contributed by atoms with Crippen molar-refractivity contribution in [2.24, 2.45) is 5.73 Å². The van der Waals surface area contributed by atoms with Gasteiger partial charge in [0.15, 0.2) is 0 Å². The van der Waals surface area contributed by atoms with E-state index < -0.39 is 0 Å². The van der Waals surface area contributed by atoms with Crippen LogP contribution in [0, 0.1) is 6.92 Å². The largest absolute Gasteiger partial charge is 0.370 e. The van der Waals surface area contributed by atoms with Crippen molar-refractivity contribution in [2.75, 3.05) is 0 Å². The fourth-order valence-electron chi connectivity index (χ4n) is 2.01. The molecule has 4 nitrogen and oxygen atoms in total. The molecule has 0 spiro atoms. The van der Waals surface area contributed by atoms with Gasteiger partial charge in [0, 0.05) is 12.1 Å². The van der Waals surface area contributed by atoms with Crippen LogP contribution < -0.4 is 5.73 Å². The third kappa shape index (κ3) is 2.79. The highest BCUT2D eigenvalue weighted by Gasteiger charge is 2.22. The van der Waals surface area contributed by atoms with Crippen LogP contribution in [-0.4, -0.2) is 17.3 Å². The lowest BCUT2D eigenvalue weighted by Gasteiger charge is -2.28. The molecule has 0 bridgehead atoms. The molecule has 1 aliphatic carbocycles.